The van der Waals surface area contributed by atoms with Gasteiger partial charge >= 0.3 is 6.09 Å². The number of alkyl carbamates (subject to hydrolysis) is 1. The third-order valence-corrected chi connectivity index (χ3v) is 5.98. The van der Waals surface area contributed by atoms with Crippen LogP contribution in [0.25, 0.3) is 0 Å². The lowest BCUT2D eigenvalue weighted by atomic mass is 9.84. The van der Waals surface area contributed by atoms with Gasteiger partial charge in [0.2, 0.25) is 0 Å². The minimum atomic E-state index is -1.35. The molecular formula is C19H40N6O7. The zero-order valence-electron chi connectivity index (χ0n) is 18.3. The van der Waals surface area contributed by atoms with Crippen LogP contribution in [0.4, 0.5) is 4.79 Å². The third kappa shape index (κ3) is 6.93. The predicted octanol–water partition coefficient (Wildman–Crippen LogP) is -3.86. The Labute approximate surface area is 187 Å². The molecule has 0 aromatic heterocycles. The molecule has 188 valence electrons. The average molecular weight is 465 g/mol. The first kappa shape index (κ1) is 27.1. The predicted molar refractivity (Wildman–Crippen MR) is 115 cm³/mol. The minimum Gasteiger partial charge on any atom is -0.441 e. The molecule has 32 heavy (non-hydrogen) atoms. The molecule has 13 heteroatoms. The maximum atomic E-state index is 12.3. The van der Waals surface area contributed by atoms with Gasteiger partial charge in [-0.25, -0.2) is 4.79 Å². The van der Waals surface area contributed by atoms with Crippen LogP contribution in [0.3, 0.4) is 0 Å². The number of nitrogens with one attached hydrogen (secondary N) is 1. The number of aliphatic hydroxyl groups excluding tert-OH is 3. The maximum absolute atomic E-state index is 12.3. The number of hydrogen-bond acceptors (Lipinski definition) is 12. The Hall–Kier alpha value is -1.13. The summed E-state index contributed by atoms with van der Waals surface area (Å²) in [6, 6.07) is -2.56. The highest BCUT2D eigenvalue weighted by atomic mass is 16.7. The molecular weight excluding hydrogens is 424 g/mol. The van der Waals surface area contributed by atoms with E-state index in [9.17, 15) is 20.1 Å². The van der Waals surface area contributed by atoms with Gasteiger partial charge in [-0.1, -0.05) is 12.8 Å². The molecule has 0 aromatic carbocycles. The molecule has 1 saturated heterocycles. The van der Waals surface area contributed by atoms with Crippen molar-refractivity contribution >= 4 is 6.09 Å². The molecule has 1 heterocycles. The summed E-state index contributed by atoms with van der Waals surface area (Å²) in [5.41, 5.74) is 29.1. The van der Waals surface area contributed by atoms with Crippen LogP contribution in [0.1, 0.15) is 32.1 Å². The zero-order valence-corrected chi connectivity index (χ0v) is 18.3. The highest BCUT2D eigenvalue weighted by Gasteiger charge is 2.49. The van der Waals surface area contributed by atoms with E-state index in [-0.39, 0.29) is 13.0 Å². The number of hydrogen-bond donors (Lipinski definition) is 9. The van der Waals surface area contributed by atoms with Gasteiger partial charge in [0.15, 0.2) is 12.4 Å². The molecule has 1 aliphatic carbocycles. The SMILES string of the molecule is NCCCCCCNC(=O)O[C@@H]1[C@@H](O)[C@H](N)C[C@H](N)[C@H]1O[C@H]1O[C@H](CN)[C@@H](O)[C@H](O)[C@H]1N. The van der Waals surface area contributed by atoms with Crippen molar-refractivity contribution in [2.75, 3.05) is 19.6 Å². The standard InChI is InChI=1S/C19H40N6O7/c20-5-3-1-2-4-6-25-19(29)32-17-13(26)9(22)7-10(23)16(17)31-18-12(24)15(28)14(27)11(8-21)30-18/h9-18,26-28H,1-8,20-24H2,(H,25,29)/t9-,10+,11-,12-,13+,14-,15-,16-,17-,18-/m1/s1. The lowest BCUT2D eigenvalue weighted by Gasteiger charge is -2.46. The Bertz CT molecular complexity index is 574. The molecule has 1 saturated carbocycles. The van der Waals surface area contributed by atoms with Crippen LogP contribution in [0.15, 0.2) is 0 Å². The van der Waals surface area contributed by atoms with Crippen LogP contribution >= 0.6 is 0 Å². The second-order valence-electron chi connectivity index (χ2n) is 8.49. The van der Waals surface area contributed by atoms with E-state index in [2.05, 4.69) is 5.32 Å². The summed E-state index contributed by atoms with van der Waals surface area (Å²) in [6.45, 7) is 0.949. The molecule has 10 atom stereocenters. The molecule has 14 N–H and O–H groups in total. The number of nitrogens with two attached hydrogens (primary N) is 5. The molecule has 0 aromatic rings. The number of unbranched alkanes of at least 4 members (excludes halogenated alkanes) is 3. The van der Waals surface area contributed by atoms with Crippen LogP contribution in [0.2, 0.25) is 0 Å². The second kappa shape index (κ2) is 12.9. The van der Waals surface area contributed by atoms with Crippen molar-refractivity contribution in [3.8, 4) is 0 Å². The van der Waals surface area contributed by atoms with Crippen LogP contribution in [-0.4, -0.2) is 102 Å². The molecule has 1 amide bonds. The Kier molecular flexibility index (Phi) is 11.0. The Morgan fingerprint density at radius 1 is 0.938 bits per heavy atom. The Morgan fingerprint density at radius 2 is 1.62 bits per heavy atom. The first-order chi connectivity index (χ1) is 15.2. The van der Waals surface area contributed by atoms with E-state index in [1.165, 1.54) is 0 Å². The normalized spacial score (nSPS) is 40.1. The van der Waals surface area contributed by atoms with Crippen molar-refractivity contribution in [2.24, 2.45) is 28.7 Å². The lowest BCUT2D eigenvalue weighted by Crippen LogP contribution is -2.68. The molecule has 2 fully saturated rings. The Morgan fingerprint density at radius 3 is 2.28 bits per heavy atom. The maximum Gasteiger partial charge on any atom is 0.407 e. The minimum absolute atomic E-state index is 0.0807. The van der Waals surface area contributed by atoms with E-state index in [0.29, 0.717) is 13.1 Å². The monoisotopic (exact) mass is 464 g/mol. The summed E-state index contributed by atoms with van der Waals surface area (Å²) in [6.07, 6.45) is -5.17. The molecule has 1 aliphatic heterocycles. The summed E-state index contributed by atoms with van der Waals surface area (Å²) < 4.78 is 16.9. The summed E-state index contributed by atoms with van der Waals surface area (Å²) in [5, 5.41) is 33.4. The molecule has 13 nitrogen and oxygen atoms in total. The number of amides is 1. The van der Waals surface area contributed by atoms with E-state index < -0.39 is 67.1 Å². The van der Waals surface area contributed by atoms with Crippen LogP contribution in [-0.2, 0) is 14.2 Å². The number of carbonyl (C=O) groups is 1. The van der Waals surface area contributed by atoms with E-state index in [4.69, 9.17) is 42.9 Å². The van der Waals surface area contributed by atoms with Gasteiger partial charge in [0.25, 0.3) is 0 Å². The van der Waals surface area contributed by atoms with Crippen molar-refractivity contribution in [3.63, 3.8) is 0 Å². The fraction of sp³-hybridized carbons (Fsp3) is 0.947. The number of aliphatic hydroxyl groups is 3. The van der Waals surface area contributed by atoms with Crippen molar-refractivity contribution in [3.05, 3.63) is 0 Å². The summed E-state index contributed by atoms with van der Waals surface area (Å²) in [5.74, 6) is 0. The van der Waals surface area contributed by atoms with E-state index in [1.807, 2.05) is 0 Å². The van der Waals surface area contributed by atoms with Crippen molar-refractivity contribution in [1.82, 2.24) is 5.32 Å². The fourth-order valence-electron chi connectivity index (χ4n) is 3.99. The topological polar surface area (TPSA) is 248 Å². The van der Waals surface area contributed by atoms with Gasteiger partial charge in [-0.3, -0.25) is 0 Å². The van der Waals surface area contributed by atoms with E-state index >= 15 is 0 Å². The highest BCUT2D eigenvalue weighted by Crippen LogP contribution is 2.28. The number of rotatable bonds is 10. The van der Waals surface area contributed by atoms with Gasteiger partial charge < -0.3 is 63.5 Å². The molecule has 2 aliphatic rings. The van der Waals surface area contributed by atoms with Crippen molar-refractivity contribution < 1.29 is 34.3 Å². The molecule has 0 radical (unpaired) electrons. The van der Waals surface area contributed by atoms with Crippen LogP contribution in [0, 0.1) is 0 Å². The van der Waals surface area contributed by atoms with Gasteiger partial charge in [-0.15, -0.1) is 0 Å². The summed E-state index contributed by atoms with van der Waals surface area (Å²) in [7, 11) is 0. The smallest absolute Gasteiger partial charge is 0.407 e. The van der Waals surface area contributed by atoms with Gasteiger partial charge in [0.1, 0.15) is 30.5 Å². The van der Waals surface area contributed by atoms with E-state index in [0.717, 1.165) is 25.7 Å². The Balaban J connectivity index is 2.00. The zero-order chi connectivity index (χ0) is 23.8. The van der Waals surface area contributed by atoms with Gasteiger partial charge in [0, 0.05) is 25.2 Å². The molecule has 2 rings (SSSR count). The van der Waals surface area contributed by atoms with Gasteiger partial charge in [-0.2, -0.15) is 0 Å². The number of carbonyl (C=O) groups excluding carboxylic acids is 1. The third-order valence-electron chi connectivity index (χ3n) is 5.98. The highest BCUT2D eigenvalue weighted by molar-refractivity contribution is 5.67. The van der Waals surface area contributed by atoms with Crippen molar-refractivity contribution in [1.29, 1.82) is 0 Å². The summed E-state index contributed by atoms with van der Waals surface area (Å²) >= 11 is 0. The lowest BCUT2D eigenvalue weighted by molar-refractivity contribution is -0.287. The fourth-order valence-corrected chi connectivity index (χ4v) is 3.99. The first-order valence-electron chi connectivity index (χ1n) is 11.2. The average Bonchev–Trinajstić information content (AvgIpc) is 2.76. The molecule has 0 unspecified atom stereocenters. The van der Waals surface area contributed by atoms with Crippen molar-refractivity contribution in [2.45, 2.75) is 93.1 Å². The van der Waals surface area contributed by atoms with Gasteiger partial charge in [0.05, 0.1) is 6.04 Å². The van der Waals surface area contributed by atoms with Crippen LogP contribution in [0.5, 0.6) is 0 Å². The molecule has 0 bridgehead atoms. The molecule has 0 spiro atoms. The van der Waals surface area contributed by atoms with E-state index in [1.54, 1.807) is 0 Å². The second-order valence-corrected chi connectivity index (χ2v) is 8.49. The number of ether oxygens (including phenoxy) is 3. The van der Waals surface area contributed by atoms with Crippen LogP contribution < -0.4 is 34.0 Å². The largest absolute Gasteiger partial charge is 0.441 e. The summed E-state index contributed by atoms with van der Waals surface area (Å²) in [4.78, 5) is 12.3. The van der Waals surface area contributed by atoms with Gasteiger partial charge in [-0.05, 0) is 25.8 Å². The first-order valence-corrected chi connectivity index (χ1v) is 11.2. The quantitative estimate of drug-likeness (QED) is 0.141.